The Kier molecular flexibility index (Phi) is 0.884. The Morgan fingerprint density at radius 1 is 1.12 bits per heavy atom. The predicted molar refractivity (Wildman–Crippen MR) is 31.5 cm³/mol. The minimum Gasteiger partial charge on any atom is -0.393 e. The van der Waals surface area contributed by atoms with E-state index >= 15 is 0 Å². The lowest BCUT2D eigenvalue weighted by Crippen LogP contribution is -2.39. The average molecular weight is 112 g/mol. The van der Waals surface area contributed by atoms with Crippen LogP contribution in [0.2, 0.25) is 0 Å². The molecular formula is C7H12O. The lowest BCUT2D eigenvalue weighted by molar-refractivity contribution is -0.0275. The molecule has 0 aromatic rings. The summed E-state index contributed by atoms with van der Waals surface area (Å²) < 4.78 is 0. The maximum Gasteiger partial charge on any atom is 0.0568 e. The van der Waals surface area contributed by atoms with E-state index in [1.165, 1.54) is 19.3 Å². The van der Waals surface area contributed by atoms with Gasteiger partial charge in [0.25, 0.3) is 0 Å². The SMILES string of the molecule is OC1CCC2CC1C2. The molecule has 0 aromatic carbocycles. The van der Waals surface area contributed by atoms with E-state index in [1.54, 1.807) is 0 Å². The molecular weight excluding hydrogens is 100 g/mol. The van der Waals surface area contributed by atoms with Crippen LogP contribution in [0, 0.1) is 11.8 Å². The predicted octanol–water partition coefficient (Wildman–Crippen LogP) is 1.17. The fourth-order valence-electron chi connectivity index (χ4n) is 1.98. The van der Waals surface area contributed by atoms with Crippen LogP contribution in [-0.2, 0) is 0 Å². The first-order valence-electron chi connectivity index (χ1n) is 3.54. The molecule has 0 radical (unpaired) electrons. The van der Waals surface area contributed by atoms with Gasteiger partial charge in [-0.15, -0.1) is 0 Å². The Labute approximate surface area is 49.7 Å². The number of aliphatic hydroxyl groups excluding tert-OH is 1. The Balaban J connectivity index is 2.01. The molecule has 8 heavy (non-hydrogen) atoms. The number of hydrogen-bond donors (Lipinski definition) is 1. The zero-order valence-electron chi connectivity index (χ0n) is 5.01. The van der Waals surface area contributed by atoms with Crippen LogP contribution in [0.3, 0.4) is 0 Å². The molecule has 46 valence electrons. The molecule has 3 fully saturated rings. The fourth-order valence-corrected chi connectivity index (χ4v) is 1.98. The van der Waals surface area contributed by atoms with Gasteiger partial charge in [-0.1, -0.05) is 0 Å². The van der Waals surface area contributed by atoms with Gasteiger partial charge >= 0.3 is 0 Å². The number of fused-ring (bicyclic) bond motifs is 2. The molecule has 1 atom stereocenters. The van der Waals surface area contributed by atoms with E-state index in [0.717, 1.165) is 12.3 Å². The molecule has 3 aliphatic carbocycles. The quantitative estimate of drug-likeness (QED) is 0.498. The van der Waals surface area contributed by atoms with E-state index in [4.69, 9.17) is 0 Å². The van der Waals surface area contributed by atoms with E-state index in [0.29, 0.717) is 5.92 Å². The van der Waals surface area contributed by atoms with E-state index in [2.05, 4.69) is 0 Å². The largest absolute Gasteiger partial charge is 0.393 e. The van der Waals surface area contributed by atoms with Crippen molar-refractivity contribution in [2.24, 2.45) is 11.8 Å². The van der Waals surface area contributed by atoms with Crippen LogP contribution >= 0.6 is 0 Å². The second-order valence-corrected chi connectivity index (χ2v) is 3.24. The van der Waals surface area contributed by atoms with Crippen LogP contribution in [0.15, 0.2) is 0 Å². The molecule has 3 saturated carbocycles. The Morgan fingerprint density at radius 3 is 2.12 bits per heavy atom. The molecule has 2 bridgehead atoms. The molecule has 0 heterocycles. The first-order chi connectivity index (χ1) is 3.86. The fraction of sp³-hybridized carbons (Fsp3) is 1.00. The Hall–Kier alpha value is -0.0400. The van der Waals surface area contributed by atoms with E-state index in [9.17, 15) is 5.11 Å². The van der Waals surface area contributed by atoms with Gasteiger partial charge in [0.2, 0.25) is 0 Å². The van der Waals surface area contributed by atoms with Crippen molar-refractivity contribution in [3.63, 3.8) is 0 Å². The lowest BCUT2D eigenvalue weighted by Gasteiger charge is -2.44. The van der Waals surface area contributed by atoms with Crippen molar-refractivity contribution in [1.29, 1.82) is 0 Å². The maximum atomic E-state index is 9.22. The van der Waals surface area contributed by atoms with Crippen LogP contribution in [0.25, 0.3) is 0 Å². The molecule has 0 spiro atoms. The van der Waals surface area contributed by atoms with E-state index < -0.39 is 0 Å². The van der Waals surface area contributed by atoms with Gasteiger partial charge in [-0.25, -0.2) is 0 Å². The Morgan fingerprint density at radius 2 is 1.88 bits per heavy atom. The highest BCUT2D eigenvalue weighted by molar-refractivity contribution is 4.89. The summed E-state index contributed by atoms with van der Waals surface area (Å²) in [4.78, 5) is 0. The summed E-state index contributed by atoms with van der Waals surface area (Å²) in [5, 5.41) is 9.22. The zero-order valence-corrected chi connectivity index (χ0v) is 5.01. The summed E-state index contributed by atoms with van der Waals surface area (Å²) in [5.74, 6) is 1.71. The first kappa shape index (κ1) is 4.80. The highest BCUT2D eigenvalue weighted by atomic mass is 16.3. The van der Waals surface area contributed by atoms with Crippen molar-refractivity contribution >= 4 is 0 Å². The molecule has 1 heteroatoms. The third-order valence-electron chi connectivity index (χ3n) is 2.69. The Bertz CT molecular complexity index is 89.1. The smallest absolute Gasteiger partial charge is 0.0568 e. The first-order valence-corrected chi connectivity index (χ1v) is 3.54. The minimum absolute atomic E-state index is 0.0694. The number of hydrogen-bond acceptors (Lipinski definition) is 1. The highest BCUT2D eigenvalue weighted by Gasteiger charge is 2.38. The molecule has 0 amide bonds. The normalized spacial score (nSPS) is 52.9. The maximum absolute atomic E-state index is 9.22. The van der Waals surface area contributed by atoms with E-state index in [1.807, 2.05) is 0 Å². The number of rotatable bonds is 0. The molecule has 0 aromatic heterocycles. The van der Waals surface area contributed by atoms with Crippen LogP contribution in [-0.4, -0.2) is 11.2 Å². The molecule has 0 aliphatic heterocycles. The topological polar surface area (TPSA) is 20.2 Å². The molecule has 1 unspecified atom stereocenters. The van der Waals surface area contributed by atoms with Gasteiger partial charge in [0.05, 0.1) is 6.10 Å². The molecule has 1 N–H and O–H groups in total. The molecule has 3 aliphatic rings. The van der Waals surface area contributed by atoms with Crippen molar-refractivity contribution < 1.29 is 5.11 Å². The highest BCUT2D eigenvalue weighted by Crippen LogP contribution is 2.45. The second-order valence-electron chi connectivity index (χ2n) is 3.24. The number of aliphatic hydroxyl groups is 1. The van der Waals surface area contributed by atoms with Crippen LogP contribution < -0.4 is 0 Å². The zero-order chi connectivity index (χ0) is 5.56. The van der Waals surface area contributed by atoms with Gasteiger partial charge in [0.15, 0.2) is 0 Å². The third kappa shape index (κ3) is 0.510. The molecule has 3 rings (SSSR count). The monoisotopic (exact) mass is 112 g/mol. The van der Waals surface area contributed by atoms with Crippen LogP contribution in [0.4, 0.5) is 0 Å². The summed E-state index contributed by atoms with van der Waals surface area (Å²) in [6.07, 6.45) is 5.08. The van der Waals surface area contributed by atoms with Crippen molar-refractivity contribution in [2.45, 2.75) is 31.8 Å². The van der Waals surface area contributed by atoms with Crippen molar-refractivity contribution in [1.82, 2.24) is 0 Å². The van der Waals surface area contributed by atoms with Gasteiger partial charge in [0, 0.05) is 0 Å². The van der Waals surface area contributed by atoms with Crippen LogP contribution in [0.1, 0.15) is 25.7 Å². The van der Waals surface area contributed by atoms with Gasteiger partial charge in [0.1, 0.15) is 0 Å². The summed E-state index contributed by atoms with van der Waals surface area (Å²) in [6, 6.07) is 0. The average Bonchev–Trinajstić information content (AvgIpc) is 1.62. The van der Waals surface area contributed by atoms with Gasteiger partial charge < -0.3 is 5.11 Å². The van der Waals surface area contributed by atoms with E-state index in [-0.39, 0.29) is 6.10 Å². The van der Waals surface area contributed by atoms with Crippen molar-refractivity contribution in [3.8, 4) is 0 Å². The summed E-state index contributed by atoms with van der Waals surface area (Å²) in [5.41, 5.74) is 0. The van der Waals surface area contributed by atoms with Crippen molar-refractivity contribution in [3.05, 3.63) is 0 Å². The summed E-state index contributed by atoms with van der Waals surface area (Å²) in [6.45, 7) is 0. The minimum atomic E-state index is 0.0694. The molecule has 1 nitrogen and oxygen atoms in total. The van der Waals surface area contributed by atoms with Crippen LogP contribution in [0.5, 0.6) is 0 Å². The lowest BCUT2D eigenvalue weighted by atomic mass is 9.64. The standard InChI is InChI=1S/C7H12O/c8-7-2-1-5-3-6(7)4-5/h5-8H,1-4H2. The van der Waals surface area contributed by atoms with Gasteiger partial charge in [-0.2, -0.15) is 0 Å². The third-order valence-corrected chi connectivity index (χ3v) is 2.69. The summed E-state index contributed by atoms with van der Waals surface area (Å²) in [7, 11) is 0. The molecule has 0 saturated heterocycles. The van der Waals surface area contributed by atoms with Crippen molar-refractivity contribution in [2.75, 3.05) is 0 Å². The summed E-state index contributed by atoms with van der Waals surface area (Å²) >= 11 is 0. The van der Waals surface area contributed by atoms with Gasteiger partial charge in [-0.05, 0) is 37.5 Å². The van der Waals surface area contributed by atoms with Gasteiger partial charge in [-0.3, -0.25) is 0 Å². The second kappa shape index (κ2) is 1.47.